The highest BCUT2D eigenvalue weighted by Gasteiger charge is 2.50. The van der Waals surface area contributed by atoms with Crippen LogP contribution in [0.5, 0.6) is 0 Å². The second-order valence-electron chi connectivity index (χ2n) is 6.76. The second kappa shape index (κ2) is 6.37. The van der Waals surface area contributed by atoms with Gasteiger partial charge in [-0.1, -0.05) is 0 Å². The smallest absolute Gasteiger partial charge is 0.286 e. The highest BCUT2D eigenvalue weighted by atomic mass is 16.5. The first kappa shape index (κ1) is 15.4. The number of nitrogens with zero attached hydrogens (tertiary/aromatic N) is 2. The largest absolute Gasteiger partial charge is 0.459 e. The Hall–Kier alpha value is -2.18. The Balaban J connectivity index is 1.40. The molecule has 2 aliphatic heterocycles. The third kappa shape index (κ3) is 2.95. The van der Waals surface area contributed by atoms with Gasteiger partial charge >= 0.3 is 0 Å². The van der Waals surface area contributed by atoms with Gasteiger partial charge in [-0.05, 0) is 29.8 Å². The fraction of sp³-hybridized carbons (Fsp3) is 0.444. The number of aromatic nitrogens is 1. The van der Waals surface area contributed by atoms with Crippen LogP contribution in [0.3, 0.4) is 0 Å². The van der Waals surface area contributed by atoms with Crippen LogP contribution >= 0.6 is 0 Å². The molecule has 6 nitrogen and oxygen atoms in total. The highest BCUT2D eigenvalue weighted by molar-refractivity contribution is 5.91. The standard InChI is InChI=1S/C18H21N3O3/c22-17(16-2-1-7-24-16)20-11-18-12-21(9-15(18)10-23-13-18)8-14-3-5-19-6-4-14/h1-7,15H,8-13H2,(H,20,22)/t15-,18+/m1/s1. The van der Waals surface area contributed by atoms with Gasteiger partial charge < -0.3 is 14.5 Å². The normalized spacial score (nSPS) is 26.4. The van der Waals surface area contributed by atoms with Crippen LogP contribution in [0.25, 0.3) is 0 Å². The molecule has 0 saturated carbocycles. The lowest BCUT2D eigenvalue weighted by molar-refractivity contribution is 0.0878. The van der Waals surface area contributed by atoms with Gasteiger partial charge in [-0.25, -0.2) is 0 Å². The molecule has 2 aromatic rings. The number of carbonyl (C=O) groups is 1. The molecule has 2 fully saturated rings. The number of hydrogen-bond donors (Lipinski definition) is 1. The van der Waals surface area contributed by atoms with Gasteiger partial charge in [0.15, 0.2) is 5.76 Å². The van der Waals surface area contributed by atoms with Crippen LogP contribution in [0.1, 0.15) is 16.1 Å². The fourth-order valence-corrected chi connectivity index (χ4v) is 3.81. The maximum Gasteiger partial charge on any atom is 0.286 e. The van der Waals surface area contributed by atoms with Crippen molar-refractivity contribution in [1.29, 1.82) is 0 Å². The minimum Gasteiger partial charge on any atom is -0.459 e. The predicted octanol–water partition coefficient (Wildman–Crippen LogP) is 1.55. The van der Waals surface area contributed by atoms with Gasteiger partial charge in [-0.15, -0.1) is 0 Å². The van der Waals surface area contributed by atoms with Crippen LogP contribution in [0.15, 0.2) is 47.3 Å². The molecule has 0 aromatic carbocycles. The van der Waals surface area contributed by atoms with Gasteiger partial charge in [-0.3, -0.25) is 14.7 Å². The van der Waals surface area contributed by atoms with Crippen molar-refractivity contribution in [3.05, 3.63) is 54.2 Å². The second-order valence-corrected chi connectivity index (χ2v) is 6.76. The predicted molar refractivity (Wildman–Crippen MR) is 87.3 cm³/mol. The van der Waals surface area contributed by atoms with Crippen molar-refractivity contribution in [3.8, 4) is 0 Å². The molecule has 0 bridgehead atoms. The number of amides is 1. The molecule has 2 aromatic heterocycles. The summed E-state index contributed by atoms with van der Waals surface area (Å²) in [7, 11) is 0. The number of likely N-dealkylation sites (tertiary alicyclic amines) is 1. The molecule has 0 unspecified atom stereocenters. The summed E-state index contributed by atoms with van der Waals surface area (Å²) in [6.45, 7) is 4.92. The highest BCUT2D eigenvalue weighted by Crippen LogP contribution is 2.41. The van der Waals surface area contributed by atoms with Crippen LogP contribution in [0.4, 0.5) is 0 Å². The average Bonchev–Trinajstić information content (AvgIpc) is 3.29. The summed E-state index contributed by atoms with van der Waals surface area (Å²) in [5.41, 5.74) is 1.26. The molecule has 4 heterocycles. The maximum absolute atomic E-state index is 12.2. The summed E-state index contributed by atoms with van der Waals surface area (Å²) in [5, 5.41) is 3.02. The van der Waals surface area contributed by atoms with Crippen LogP contribution in [0, 0.1) is 11.3 Å². The molecule has 2 aliphatic rings. The molecule has 6 heteroatoms. The lowest BCUT2D eigenvalue weighted by Crippen LogP contribution is -2.43. The number of pyridine rings is 1. The molecule has 2 saturated heterocycles. The minimum atomic E-state index is -0.160. The Kier molecular flexibility index (Phi) is 4.08. The Labute approximate surface area is 140 Å². The maximum atomic E-state index is 12.2. The SMILES string of the molecule is O=C(NC[C@]12COC[C@H]1CN(Cc1ccncc1)C2)c1ccco1. The van der Waals surface area contributed by atoms with Crippen molar-refractivity contribution in [1.82, 2.24) is 15.2 Å². The van der Waals surface area contributed by atoms with Gasteiger partial charge in [0.1, 0.15) is 0 Å². The van der Waals surface area contributed by atoms with E-state index < -0.39 is 0 Å². The molecule has 2 atom stereocenters. The Bertz CT molecular complexity index is 689. The first-order valence-electron chi connectivity index (χ1n) is 8.26. The van der Waals surface area contributed by atoms with Crippen molar-refractivity contribution < 1.29 is 13.9 Å². The van der Waals surface area contributed by atoms with E-state index in [0.717, 1.165) is 26.2 Å². The van der Waals surface area contributed by atoms with Gasteiger partial charge in [0, 0.05) is 49.9 Å². The molecular formula is C18H21N3O3. The average molecular weight is 327 g/mol. The zero-order chi connectivity index (χ0) is 16.4. The zero-order valence-electron chi connectivity index (χ0n) is 13.5. The summed E-state index contributed by atoms with van der Waals surface area (Å²) in [4.78, 5) is 18.7. The number of rotatable bonds is 5. The minimum absolute atomic E-state index is 0.00468. The van der Waals surface area contributed by atoms with Crippen LogP contribution in [-0.4, -0.2) is 48.6 Å². The van der Waals surface area contributed by atoms with E-state index in [1.54, 1.807) is 12.1 Å². The van der Waals surface area contributed by atoms with Crippen molar-refractivity contribution >= 4 is 5.91 Å². The summed E-state index contributed by atoms with van der Waals surface area (Å²) in [6, 6.07) is 7.51. The van der Waals surface area contributed by atoms with Gasteiger partial charge in [0.05, 0.1) is 19.5 Å². The van der Waals surface area contributed by atoms with Gasteiger partial charge in [-0.2, -0.15) is 0 Å². The Morgan fingerprint density at radius 2 is 2.25 bits per heavy atom. The Morgan fingerprint density at radius 1 is 1.38 bits per heavy atom. The van der Waals surface area contributed by atoms with Crippen LogP contribution < -0.4 is 5.32 Å². The van der Waals surface area contributed by atoms with E-state index in [2.05, 4.69) is 27.3 Å². The first-order valence-corrected chi connectivity index (χ1v) is 8.26. The van der Waals surface area contributed by atoms with E-state index in [-0.39, 0.29) is 11.3 Å². The lowest BCUT2D eigenvalue weighted by Gasteiger charge is -2.27. The topological polar surface area (TPSA) is 67.6 Å². The van der Waals surface area contributed by atoms with Crippen molar-refractivity contribution in [2.45, 2.75) is 6.54 Å². The Morgan fingerprint density at radius 3 is 3.04 bits per heavy atom. The summed E-state index contributed by atoms with van der Waals surface area (Å²) in [6.07, 6.45) is 5.17. The van der Waals surface area contributed by atoms with Crippen molar-refractivity contribution in [2.75, 3.05) is 32.8 Å². The van der Waals surface area contributed by atoms with Gasteiger partial charge in [0.25, 0.3) is 5.91 Å². The van der Waals surface area contributed by atoms with Crippen molar-refractivity contribution in [3.63, 3.8) is 0 Å². The third-order valence-corrected chi connectivity index (χ3v) is 5.09. The molecule has 0 aliphatic carbocycles. The molecule has 24 heavy (non-hydrogen) atoms. The van der Waals surface area contributed by atoms with E-state index in [1.807, 2.05) is 12.4 Å². The van der Waals surface area contributed by atoms with Crippen LogP contribution in [0.2, 0.25) is 0 Å². The number of nitrogens with one attached hydrogen (secondary N) is 1. The van der Waals surface area contributed by atoms with Crippen molar-refractivity contribution in [2.24, 2.45) is 11.3 Å². The number of ether oxygens (including phenoxy) is 1. The van der Waals surface area contributed by atoms with E-state index in [4.69, 9.17) is 9.15 Å². The number of carbonyl (C=O) groups excluding carboxylic acids is 1. The fourth-order valence-electron chi connectivity index (χ4n) is 3.81. The molecule has 0 spiro atoms. The molecule has 4 rings (SSSR count). The molecular weight excluding hydrogens is 306 g/mol. The third-order valence-electron chi connectivity index (χ3n) is 5.09. The monoisotopic (exact) mass is 327 g/mol. The number of furan rings is 1. The molecule has 126 valence electrons. The molecule has 0 radical (unpaired) electrons. The van der Waals surface area contributed by atoms with Gasteiger partial charge in [0.2, 0.25) is 0 Å². The summed E-state index contributed by atoms with van der Waals surface area (Å²) in [5.74, 6) is 0.650. The number of hydrogen-bond acceptors (Lipinski definition) is 5. The molecule has 1 amide bonds. The first-order chi connectivity index (χ1) is 11.8. The van der Waals surface area contributed by atoms with Crippen LogP contribution in [-0.2, 0) is 11.3 Å². The zero-order valence-corrected chi connectivity index (χ0v) is 13.5. The molecule has 1 N–H and O–H groups in total. The number of fused-ring (bicyclic) bond motifs is 1. The summed E-state index contributed by atoms with van der Waals surface area (Å²) < 4.78 is 10.9. The summed E-state index contributed by atoms with van der Waals surface area (Å²) >= 11 is 0. The van der Waals surface area contributed by atoms with E-state index in [0.29, 0.717) is 24.8 Å². The van der Waals surface area contributed by atoms with E-state index in [1.165, 1.54) is 11.8 Å². The lowest BCUT2D eigenvalue weighted by atomic mass is 9.81. The van der Waals surface area contributed by atoms with E-state index >= 15 is 0 Å². The van der Waals surface area contributed by atoms with E-state index in [9.17, 15) is 4.79 Å². The quantitative estimate of drug-likeness (QED) is 0.902.